The predicted molar refractivity (Wildman–Crippen MR) is 71.9 cm³/mol. The summed E-state index contributed by atoms with van der Waals surface area (Å²) in [5, 5.41) is 2.26. The molecule has 0 radical (unpaired) electrons. The Morgan fingerprint density at radius 2 is 1.82 bits per heavy atom. The molecule has 0 spiro atoms. The van der Waals surface area contributed by atoms with Crippen LogP contribution < -0.4 is 0 Å². The van der Waals surface area contributed by atoms with Gasteiger partial charge in [0.05, 0.1) is 5.69 Å². The maximum atomic E-state index is 7.37. The second kappa shape index (κ2) is 4.02. The summed E-state index contributed by atoms with van der Waals surface area (Å²) >= 11 is 0. The van der Waals surface area contributed by atoms with Crippen LogP contribution in [0.5, 0.6) is 0 Å². The topological polar surface area (TPSA) is 12.9 Å². The van der Waals surface area contributed by atoms with E-state index < -0.39 is 6.85 Å². The van der Waals surface area contributed by atoms with Gasteiger partial charge in [0.2, 0.25) is 0 Å². The van der Waals surface area contributed by atoms with Gasteiger partial charge in [-0.1, -0.05) is 48.5 Å². The van der Waals surface area contributed by atoms with Gasteiger partial charge in [0.1, 0.15) is 0 Å². The van der Waals surface area contributed by atoms with E-state index in [4.69, 9.17) is 4.11 Å². The summed E-state index contributed by atoms with van der Waals surface area (Å²) < 4.78 is 22.1. The average molecular weight is 222 g/mol. The molecule has 0 fully saturated rings. The van der Waals surface area contributed by atoms with E-state index >= 15 is 0 Å². The van der Waals surface area contributed by atoms with Gasteiger partial charge >= 0.3 is 0 Å². The molecule has 3 rings (SSSR count). The third kappa shape index (κ3) is 1.80. The van der Waals surface area contributed by atoms with E-state index in [0.717, 1.165) is 22.0 Å². The number of aromatic nitrogens is 1. The highest BCUT2D eigenvalue weighted by molar-refractivity contribution is 5.95. The van der Waals surface area contributed by atoms with E-state index in [1.54, 1.807) is 12.1 Å². The van der Waals surface area contributed by atoms with Crippen LogP contribution in [0.1, 0.15) is 9.68 Å². The summed E-state index contributed by atoms with van der Waals surface area (Å²) in [6.07, 6.45) is 1.43. The van der Waals surface area contributed by atoms with E-state index in [2.05, 4.69) is 17.1 Å². The molecule has 0 aliphatic carbocycles. The van der Waals surface area contributed by atoms with Crippen LogP contribution in [0.2, 0.25) is 0 Å². The van der Waals surface area contributed by atoms with Crippen LogP contribution in [0, 0.1) is 6.85 Å². The minimum absolute atomic E-state index is 0.265. The van der Waals surface area contributed by atoms with E-state index in [-0.39, 0.29) is 5.56 Å². The van der Waals surface area contributed by atoms with Crippen molar-refractivity contribution in [1.29, 1.82) is 0 Å². The SMILES string of the molecule is [2H]C([2H])([2H])c1ccc(-c2cccc3ccccc23)nc1. The molecule has 3 aromatic rings. The normalized spacial score (nSPS) is 14.0. The van der Waals surface area contributed by atoms with Gasteiger partial charge in [-0.05, 0) is 29.3 Å². The second-order valence-electron chi connectivity index (χ2n) is 3.96. The van der Waals surface area contributed by atoms with Gasteiger partial charge in [-0.3, -0.25) is 4.98 Å². The van der Waals surface area contributed by atoms with Crippen LogP contribution in [0.15, 0.2) is 60.8 Å². The fourth-order valence-corrected chi connectivity index (χ4v) is 2.00. The van der Waals surface area contributed by atoms with Crippen molar-refractivity contribution in [3.63, 3.8) is 0 Å². The highest BCUT2D eigenvalue weighted by Crippen LogP contribution is 2.26. The largest absolute Gasteiger partial charge is 0.256 e. The lowest BCUT2D eigenvalue weighted by Crippen LogP contribution is -1.85. The molecule has 82 valence electrons. The van der Waals surface area contributed by atoms with Crippen molar-refractivity contribution in [2.24, 2.45) is 0 Å². The van der Waals surface area contributed by atoms with Gasteiger partial charge in [-0.2, -0.15) is 0 Å². The maximum Gasteiger partial charge on any atom is 0.0708 e. The molecule has 2 aromatic carbocycles. The maximum absolute atomic E-state index is 7.37. The standard InChI is InChI=1S/C16H13N/c1-12-9-10-16(17-11-12)15-8-4-6-13-5-2-3-7-14(13)15/h2-11H,1H3/i1D3. The van der Waals surface area contributed by atoms with Gasteiger partial charge in [0, 0.05) is 15.9 Å². The zero-order chi connectivity index (χ0) is 14.2. The highest BCUT2D eigenvalue weighted by Gasteiger charge is 2.03. The van der Waals surface area contributed by atoms with Crippen molar-refractivity contribution in [1.82, 2.24) is 4.98 Å². The van der Waals surface area contributed by atoms with Crippen molar-refractivity contribution in [3.8, 4) is 11.3 Å². The van der Waals surface area contributed by atoms with Gasteiger partial charge in [0.15, 0.2) is 0 Å². The molecule has 17 heavy (non-hydrogen) atoms. The zero-order valence-electron chi connectivity index (χ0n) is 12.2. The number of fused-ring (bicyclic) bond motifs is 1. The Morgan fingerprint density at radius 1 is 0.941 bits per heavy atom. The molecule has 1 aromatic heterocycles. The Morgan fingerprint density at radius 3 is 2.65 bits per heavy atom. The Kier molecular flexibility index (Phi) is 1.71. The Labute approximate surface area is 105 Å². The molecular formula is C16H13N. The van der Waals surface area contributed by atoms with E-state index in [0.29, 0.717) is 0 Å². The minimum Gasteiger partial charge on any atom is -0.256 e. The number of hydrogen-bond donors (Lipinski definition) is 0. The van der Waals surface area contributed by atoms with E-state index in [1.807, 2.05) is 30.3 Å². The highest BCUT2D eigenvalue weighted by atomic mass is 14.7. The lowest BCUT2D eigenvalue weighted by molar-refractivity contribution is 1.27. The molecule has 0 atom stereocenters. The zero-order valence-corrected chi connectivity index (χ0v) is 9.22. The lowest BCUT2D eigenvalue weighted by atomic mass is 10.0. The summed E-state index contributed by atoms with van der Waals surface area (Å²) in [7, 11) is 0. The van der Waals surface area contributed by atoms with Crippen molar-refractivity contribution in [2.75, 3.05) is 0 Å². The molecule has 1 heteroatoms. The summed E-state index contributed by atoms with van der Waals surface area (Å²) in [6.45, 7) is -2.11. The Balaban J connectivity index is 2.12. The van der Waals surface area contributed by atoms with Gasteiger partial charge in [-0.25, -0.2) is 0 Å². The number of benzene rings is 2. The quantitative estimate of drug-likeness (QED) is 0.601. The molecule has 0 saturated heterocycles. The summed E-state index contributed by atoms with van der Waals surface area (Å²) in [5.41, 5.74) is 2.07. The monoisotopic (exact) mass is 222 g/mol. The summed E-state index contributed by atoms with van der Waals surface area (Å²) in [5.74, 6) is 0. The molecule has 0 N–H and O–H groups in total. The lowest BCUT2D eigenvalue weighted by Gasteiger charge is -2.06. The number of pyridine rings is 1. The predicted octanol–water partition coefficient (Wildman–Crippen LogP) is 4.21. The number of rotatable bonds is 1. The average Bonchev–Trinajstić information content (AvgIpc) is 2.46. The van der Waals surface area contributed by atoms with Crippen molar-refractivity contribution in [3.05, 3.63) is 66.4 Å². The van der Waals surface area contributed by atoms with Gasteiger partial charge in [-0.15, -0.1) is 0 Å². The number of aryl methyl sites for hydroxylation is 1. The summed E-state index contributed by atoms with van der Waals surface area (Å²) in [6, 6.07) is 17.5. The van der Waals surface area contributed by atoms with Crippen LogP contribution >= 0.6 is 0 Å². The van der Waals surface area contributed by atoms with Crippen molar-refractivity contribution < 1.29 is 4.11 Å². The molecular weight excluding hydrogens is 206 g/mol. The molecule has 0 unspecified atom stereocenters. The van der Waals surface area contributed by atoms with Crippen LogP contribution in [0.4, 0.5) is 0 Å². The molecule has 0 aliphatic heterocycles. The van der Waals surface area contributed by atoms with Crippen LogP contribution in [-0.2, 0) is 0 Å². The minimum atomic E-state index is -2.11. The van der Waals surface area contributed by atoms with Gasteiger partial charge < -0.3 is 0 Å². The van der Waals surface area contributed by atoms with E-state index in [1.165, 1.54) is 6.20 Å². The first-order valence-corrected chi connectivity index (χ1v) is 5.50. The number of nitrogens with zero attached hydrogens (tertiary/aromatic N) is 1. The Bertz CT molecular complexity index is 740. The first-order valence-electron chi connectivity index (χ1n) is 7.00. The third-order valence-electron chi connectivity index (χ3n) is 2.83. The van der Waals surface area contributed by atoms with Gasteiger partial charge in [0.25, 0.3) is 0 Å². The van der Waals surface area contributed by atoms with Crippen LogP contribution in [-0.4, -0.2) is 4.98 Å². The first-order chi connectivity index (χ1) is 9.55. The molecule has 0 aliphatic rings. The first kappa shape index (κ1) is 7.23. The fourth-order valence-electron chi connectivity index (χ4n) is 2.00. The van der Waals surface area contributed by atoms with Crippen LogP contribution in [0.25, 0.3) is 22.0 Å². The second-order valence-corrected chi connectivity index (χ2v) is 3.96. The van der Waals surface area contributed by atoms with Crippen molar-refractivity contribution >= 4 is 10.8 Å². The summed E-state index contributed by atoms with van der Waals surface area (Å²) in [4.78, 5) is 4.31. The fraction of sp³-hybridized carbons (Fsp3) is 0.0625. The molecule has 1 heterocycles. The van der Waals surface area contributed by atoms with E-state index in [9.17, 15) is 0 Å². The molecule has 1 nitrogen and oxygen atoms in total. The molecule has 0 amide bonds. The molecule has 0 saturated carbocycles. The third-order valence-corrected chi connectivity index (χ3v) is 2.83. The smallest absolute Gasteiger partial charge is 0.0708 e. The molecule has 0 bridgehead atoms. The Hall–Kier alpha value is -2.15. The van der Waals surface area contributed by atoms with Crippen LogP contribution in [0.3, 0.4) is 0 Å². The van der Waals surface area contributed by atoms with Crippen molar-refractivity contribution in [2.45, 2.75) is 6.85 Å². The number of hydrogen-bond acceptors (Lipinski definition) is 1.